The van der Waals surface area contributed by atoms with E-state index in [0.29, 0.717) is 31.9 Å². The van der Waals surface area contributed by atoms with Crippen LogP contribution in [0.4, 0.5) is 0 Å². The normalized spacial score (nSPS) is 16.0. The summed E-state index contributed by atoms with van der Waals surface area (Å²) in [5.41, 5.74) is 2.08. The minimum atomic E-state index is -3.53. The Morgan fingerprint density at radius 2 is 1.83 bits per heavy atom. The quantitative estimate of drug-likeness (QED) is 0.518. The van der Waals surface area contributed by atoms with Crippen molar-refractivity contribution >= 4 is 21.8 Å². The van der Waals surface area contributed by atoms with E-state index in [4.69, 9.17) is 4.52 Å². The van der Waals surface area contributed by atoms with E-state index in [9.17, 15) is 8.42 Å². The standard InChI is InChI=1S/C21H24N4O3S2/c1-17-13-19(23-28-17)16-29-21-8-7-20(14-22-21)30(26,27)25-11-9-24(10-12-25)15-18-5-3-2-4-6-18/h2-8,13-14H,9-12,15-16H2,1H3. The highest BCUT2D eigenvalue weighted by molar-refractivity contribution is 7.98. The van der Waals surface area contributed by atoms with Gasteiger partial charge < -0.3 is 4.52 Å². The van der Waals surface area contributed by atoms with Crippen LogP contribution < -0.4 is 0 Å². The van der Waals surface area contributed by atoms with Gasteiger partial charge in [-0.05, 0) is 24.6 Å². The Balaban J connectivity index is 1.33. The monoisotopic (exact) mass is 444 g/mol. The lowest BCUT2D eigenvalue weighted by molar-refractivity contribution is 0.181. The van der Waals surface area contributed by atoms with E-state index < -0.39 is 10.0 Å². The van der Waals surface area contributed by atoms with E-state index in [-0.39, 0.29) is 4.90 Å². The number of rotatable bonds is 7. The predicted octanol–water partition coefficient (Wildman–Crippen LogP) is 3.18. The molecular weight excluding hydrogens is 420 g/mol. The molecule has 3 heterocycles. The van der Waals surface area contributed by atoms with Crippen molar-refractivity contribution in [1.29, 1.82) is 0 Å². The summed E-state index contributed by atoms with van der Waals surface area (Å²) in [6, 6.07) is 15.5. The first-order chi connectivity index (χ1) is 14.5. The van der Waals surface area contributed by atoms with Crippen molar-refractivity contribution in [1.82, 2.24) is 19.3 Å². The summed E-state index contributed by atoms with van der Waals surface area (Å²) in [4.78, 5) is 6.84. The van der Waals surface area contributed by atoms with E-state index in [1.807, 2.05) is 31.2 Å². The van der Waals surface area contributed by atoms with Crippen molar-refractivity contribution < 1.29 is 12.9 Å². The number of sulfonamides is 1. The fourth-order valence-electron chi connectivity index (χ4n) is 3.36. The summed E-state index contributed by atoms with van der Waals surface area (Å²) >= 11 is 1.49. The van der Waals surface area contributed by atoms with Crippen LogP contribution in [0.3, 0.4) is 0 Å². The molecule has 7 nitrogen and oxygen atoms in total. The molecule has 0 radical (unpaired) electrons. The van der Waals surface area contributed by atoms with Gasteiger partial charge in [-0.15, -0.1) is 0 Å². The number of thioether (sulfide) groups is 1. The first kappa shape index (κ1) is 21.0. The largest absolute Gasteiger partial charge is 0.361 e. The predicted molar refractivity (Wildman–Crippen MR) is 116 cm³/mol. The van der Waals surface area contributed by atoms with Crippen molar-refractivity contribution in [3.63, 3.8) is 0 Å². The highest BCUT2D eigenvalue weighted by atomic mass is 32.2. The SMILES string of the molecule is Cc1cc(CSc2ccc(S(=O)(=O)N3CCN(Cc4ccccc4)CC3)cn2)no1. The Labute approximate surface area is 181 Å². The fourth-order valence-corrected chi connectivity index (χ4v) is 5.45. The number of piperazine rings is 1. The van der Waals surface area contributed by atoms with Gasteiger partial charge in [0, 0.05) is 50.7 Å². The van der Waals surface area contributed by atoms with Crippen LogP contribution in [0, 0.1) is 6.92 Å². The molecule has 0 unspecified atom stereocenters. The summed E-state index contributed by atoms with van der Waals surface area (Å²) in [5, 5.41) is 4.70. The molecule has 1 aromatic carbocycles. The van der Waals surface area contributed by atoms with Crippen LogP contribution in [-0.4, -0.2) is 53.9 Å². The molecule has 0 saturated carbocycles. The van der Waals surface area contributed by atoms with E-state index in [1.54, 1.807) is 16.4 Å². The van der Waals surface area contributed by atoms with Gasteiger partial charge in [-0.25, -0.2) is 13.4 Å². The van der Waals surface area contributed by atoms with E-state index in [1.165, 1.54) is 23.5 Å². The second-order valence-corrected chi connectivity index (χ2v) is 10.1. The molecule has 1 aliphatic heterocycles. The molecule has 2 aromatic heterocycles. The second-order valence-electron chi connectivity index (χ2n) is 7.22. The average Bonchev–Trinajstić information content (AvgIpc) is 3.19. The molecule has 30 heavy (non-hydrogen) atoms. The van der Waals surface area contributed by atoms with Gasteiger partial charge in [0.25, 0.3) is 0 Å². The molecule has 0 aliphatic carbocycles. The third-order valence-corrected chi connectivity index (χ3v) is 7.83. The third kappa shape index (κ3) is 5.10. The lowest BCUT2D eigenvalue weighted by Crippen LogP contribution is -2.48. The molecule has 0 N–H and O–H groups in total. The van der Waals surface area contributed by atoms with E-state index in [0.717, 1.165) is 23.0 Å². The number of nitrogens with zero attached hydrogens (tertiary/aromatic N) is 4. The molecule has 0 amide bonds. The number of aromatic nitrogens is 2. The third-order valence-electron chi connectivity index (χ3n) is 4.97. The van der Waals surface area contributed by atoms with Gasteiger partial charge in [0.2, 0.25) is 10.0 Å². The maximum atomic E-state index is 13.0. The first-order valence-corrected chi connectivity index (χ1v) is 12.2. The fraction of sp³-hybridized carbons (Fsp3) is 0.333. The van der Waals surface area contributed by atoms with Gasteiger partial charge >= 0.3 is 0 Å². The molecule has 4 rings (SSSR count). The number of hydrogen-bond donors (Lipinski definition) is 0. The molecule has 158 valence electrons. The van der Waals surface area contributed by atoms with Crippen molar-refractivity contribution in [2.24, 2.45) is 0 Å². The Morgan fingerprint density at radius 3 is 2.47 bits per heavy atom. The molecule has 1 saturated heterocycles. The zero-order valence-electron chi connectivity index (χ0n) is 16.8. The molecule has 1 fully saturated rings. The minimum absolute atomic E-state index is 0.237. The lowest BCUT2D eigenvalue weighted by atomic mass is 10.2. The smallest absolute Gasteiger partial charge is 0.244 e. The Hall–Kier alpha value is -2.20. The summed E-state index contributed by atoms with van der Waals surface area (Å²) in [6.45, 7) is 5.08. The minimum Gasteiger partial charge on any atom is -0.361 e. The van der Waals surface area contributed by atoms with Crippen LogP contribution in [0.1, 0.15) is 17.0 Å². The summed E-state index contributed by atoms with van der Waals surface area (Å²) in [7, 11) is -3.53. The van der Waals surface area contributed by atoms with Gasteiger partial charge in [-0.3, -0.25) is 4.90 Å². The molecule has 9 heteroatoms. The molecular formula is C21H24N4O3S2. The average molecular weight is 445 g/mol. The Bertz CT molecular complexity index is 1060. The van der Waals surface area contributed by atoms with Crippen molar-refractivity contribution in [3.05, 3.63) is 71.7 Å². The highest BCUT2D eigenvalue weighted by Crippen LogP contribution is 2.23. The van der Waals surface area contributed by atoms with Crippen molar-refractivity contribution in [3.8, 4) is 0 Å². The van der Waals surface area contributed by atoms with Crippen molar-refractivity contribution in [2.45, 2.75) is 29.1 Å². The number of hydrogen-bond acceptors (Lipinski definition) is 7. The maximum absolute atomic E-state index is 13.0. The van der Waals surface area contributed by atoms with Crippen LogP contribution >= 0.6 is 11.8 Å². The van der Waals surface area contributed by atoms with Crippen LogP contribution in [-0.2, 0) is 22.3 Å². The highest BCUT2D eigenvalue weighted by Gasteiger charge is 2.28. The van der Waals surface area contributed by atoms with Crippen LogP contribution in [0.2, 0.25) is 0 Å². The van der Waals surface area contributed by atoms with Crippen LogP contribution in [0.5, 0.6) is 0 Å². The summed E-state index contributed by atoms with van der Waals surface area (Å²) < 4.78 is 32.6. The Morgan fingerprint density at radius 1 is 1.07 bits per heavy atom. The van der Waals surface area contributed by atoms with Gasteiger partial charge in [0.1, 0.15) is 10.7 Å². The zero-order valence-corrected chi connectivity index (χ0v) is 18.4. The Kier molecular flexibility index (Phi) is 6.52. The lowest BCUT2D eigenvalue weighted by Gasteiger charge is -2.33. The van der Waals surface area contributed by atoms with Gasteiger partial charge in [-0.1, -0.05) is 47.3 Å². The van der Waals surface area contributed by atoms with Gasteiger partial charge in [-0.2, -0.15) is 4.31 Å². The number of benzene rings is 1. The molecule has 0 bridgehead atoms. The maximum Gasteiger partial charge on any atom is 0.244 e. The molecule has 1 aliphatic rings. The second kappa shape index (κ2) is 9.30. The number of aryl methyl sites for hydroxylation is 1. The zero-order chi connectivity index (χ0) is 21.0. The molecule has 0 atom stereocenters. The molecule has 0 spiro atoms. The van der Waals surface area contributed by atoms with Crippen LogP contribution in [0.25, 0.3) is 0 Å². The van der Waals surface area contributed by atoms with Crippen molar-refractivity contribution in [2.75, 3.05) is 26.2 Å². The van der Waals surface area contributed by atoms with E-state index in [2.05, 4.69) is 27.2 Å². The topological polar surface area (TPSA) is 79.5 Å². The summed E-state index contributed by atoms with van der Waals surface area (Å²) in [6.07, 6.45) is 1.45. The van der Waals surface area contributed by atoms with Crippen LogP contribution in [0.15, 0.2) is 69.2 Å². The van der Waals surface area contributed by atoms with E-state index >= 15 is 0 Å². The van der Waals surface area contributed by atoms with Gasteiger partial charge in [0.15, 0.2) is 0 Å². The molecule has 3 aromatic rings. The number of pyridine rings is 1. The van der Waals surface area contributed by atoms with Gasteiger partial charge in [0.05, 0.1) is 10.7 Å². The summed E-state index contributed by atoms with van der Waals surface area (Å²) in [5.74, 6) is 1.39. The first-order valence-electron chi connectivity index (χ1n) is 9.78.